The number of hydrogen-bond acceptors (Lipinski definition) is 4. The fourth-order valence-electron chi connectivity index (χ4n) is 2.90. The van der Waals surface area contributed by atoms with E-state index in [9.17, 15) is 5.11 Å². The highest BCUT2D eigenvalue weighted by Crippen LogP contribution is 2.31. The van der Waals surface area contributed by atoms with E-state index in [0.717, 1.165) is 22.6 Å². The van der Waals surface area contributed by atoms with E-state index in [2.05, 4.69) is 30.6 Å². The molecule has 2 unspecified atom stereocenters. The largest absolute Gasteiger partial charge is 0.508 e. The molecular formula is C20H24N2O2. The first kappa shape index (κ1) is 16.4. The van der Waals surface area contributed by atoms with Gasteiger partial charge in [0.1, 0.15) is 11.5 Å². The highest BCUT2D eigenvalue weighted by Gasteiger charge is 2.26. The van der Waals surface area contributed by atoms with E-state index < -0.39 is 0 Å². The summed E-state index contributed by atoms with van der Waals surface area (Å²) < 4.78 is 5.24. The normalized spacial score (nSPS) is 20.4. The number of rotatable bonds is 4. The molecule has 0 saturated heterocycles. The second-order valence-corrected chi connectivity index (χ2v) is 6.38. The minimum Gasteiger partial charge on any atom is -0.508 e. The van der Waals surface area contributed by atoms with Crippen LogP contribution >= 0.6 is 0 Å². The van der Waals surface area contributed by atoms with Crippen LogP contribution < -0.4 is 15.4 Å². The topological polar surface area (TPSA) is 53.5 Å². The number of phenols is 1. The zero-order valence-corrected chi connectivity index (χ0v) is 14.3. The summed E-state index contributed by atoms with van der Waals surface area (Å²) in [6, 6.07) is 15.4. The molecule has 1 heterocycles. The van der Waals surface area contributed by atoms with Gasteiger partial charge in [-0.05, 0) is 47.9 Å². The average Bonchev–Trinajstić information content (AvgIpc) is 2.61. The molecule has 2 aromatic carbocycles. The minimum atomic E-state index is -0.0445. The number of aromatic hydroxyl groups is 1. The maximum Gasteiger partial charge on any atom is 0.120 e. The second kappa shape index (κ2) is 6.97. The molecule has 0 fully saturated rings. The van der Waals surface area contributed by atoms with Crippen molar-refractivity contribution >= 4 is 5.70 Å². The molecule has 4 heteroatoms. The first-order valence-corrected chi connectivity index (χ1v) is 8.25. The van der Waals surface area contributed by atoms with Gasteiger partial charge in [0.2, 0.25) is 0 Å². The van der Waals surface area contributed by atoms with Crippen LogP contribution in [-0.4, -0.2) is 18.4 Å². The maximum atomic E-state index is 10.2. The van der Waals surface area contributed by atoms with Gasteiger partial charge in [0, 0.05) is 11.3 Å². The van der Waals surface area contributed by atoms with E-state index in [-0.39, 0.29) is 12.2 Å². The highest BCUT2D eigenvalue weighted by molar-refractivity contribution is 5.67. The lowest BCUT2D eigenvalue weighted by atomic mass is 9.97. The zero-order chi connectivity index (χ0) is 17.1. The highest BCUT2D eigenvalue weighted by atomic mass is 16.5. The Morgan fingerprint density at radius 1 is 1.04 bits per heavy atom. The van der Waals surface area contributed by atoms with E-state index in [1.807, 2.05) is 42.5 Å². The summed E-state index contributed by atoms with van der Waals surface area (Å²) >= 11 is 0. The molecular weight excluding hydrogens is 300 g/mol. The molecule has 3 N–H and O–H groups in total. The molecule has 0 radical (unpaired) electrons. The molecule has 0 spiro atoms. The van der Waals surface area contributed by atoms with Gasteiger partial charge in [-0.3, -0.25) is 5.32 Å². The average molecular weight is 324 g/mol. The molecule has 126 valence electrons. The SMILES string of the molecule is COc1ccc(C2=CC(c3ccccc3O)NC(C(C)C)N2)cc1. The van der Waals surface area contributed by atoms with Crippen molar-refractivity contribution in [2.45, 2.75) is 26.1 Å². The molecule has 24 heavy (non-hydrogen) atoms. The van der Waals surface area contributed by atoms with Gasteiger partial charge in [-0.15, -0.1) is 0 Å². The van der Waals surface area contributed by atoms with Gasteiger partial charge in [-0.25, -0.2) is 0 Å². The number of methoxy groups -OCH3 is 1. The Hall–Kier alpha value is -2.46. The summed E-state index contributed by atoms with van der Waals surface area (Å²) in [4.78, 5) is 0. The van der Waals surface area contributed by atoms with Crippen molar-refractivity contribution in [3.8, 4) is 11.5 Å². The number of para-hydroxylation sites is 1. The number of benzene rings is 2. The summed E-state index contributed by atoms with van der Waals surface area (Å²) in [7, 11) is 1.67. The van der Waals surface area contributed by atoms with Gasteiger partial charge in [0.05, 0.1) is 19.3 Å². The lowest BCUT2D eigenvalue weighted by Crippen LogP contribution is -2.49. The number of hydrogen-bond donors (Lipinski definition) is 3. The molecule has 0 bridgehead atoms. The van der Waals surface area contributed by atoms with Crippen molar-refractivity contribution in [1.82, 2.24) is 10.6 Å². The van der Waals surface area contributed by atoms with Gasteiger partial charge in [-0.1, -0.05) is 32.0 Å². The third kappa shape index (κ3) is 3.39. The Balaban J connectivity index is 1.97. The molecule has 3 rings (SSSR count). The van der Waals surface area contributed by atoms with Gasteiger partial charge < -0.3 is 15.2 Å². The number of ether oxygens (including phenoxy) is 1. The Bertz CT molecular complexity index is 723. The molecule has 4 nitrogen and oxygen atoms in total. The predicted octanol–water partition coefficient (Wildman–Crippen LogP) is 3.66. The first-order valence-electron chi connectivity index (χ1n) is 8.25. The quantitative estimate of drug-likeness (QED) is 0.803. The standard InChI is InChI=1S/C20H24N2O2/c1-13(2)20-21-17(14-8-10-15(24-3)11-9-14)12-18(22-20)16-6-4-5-7-19(16)23/h4-13,18,20-23H,1-3H3. The number of nitrogens with one attached hydrogen (secondary N) is 2. The fraction of sp³-hybridized carbons (Fsp3) is 0.300. The lowest BCUT2D eigenvalue weighted by molar-refractivity contribution is 0.335. The van der Waals surface area contributed by atoms with Crippen LogP contribution in [0.1, 0.15) is 31.0 Å². The van der Waals surface area contributed by atoms with Crippen molar-refractivity contribution in [3.05, 3.63) is 65.7 Å². The summed E-state index contributed by atoms with van der Waals surface area (Å²) in [5, 5.41) is 17.3. The van der Waals surface area contributed by atoms with Crippen molar-refractivity contribution in [3.63, 3.8) is 0 Å². The third-order valence-corrected chi connectivity index (χ3v) is 4.34. The van der Waals surface area contributed by atoms with Gasteiger partial charge in [0.15, 0.2) is 0 Å². The first-order chi connectivity index (χ1) is 11.6. The van der Waals surface area contributed by atoms with Crippen LogP contribution in [0.3, 0.4) is 0 Å². The van der Waals surface area contributed by atoms with Crippen molar-refractivity contribution < 1.29 is 9.84 Å². The number of phenolic OH excluding ortho intramolecular Hbond substituents is 1. The van der Waals surface area contributed by atoms with E-state index in [1.165, 1.54) is 0 Å². The Kier molecular flexibility index (Phi) is 4.76. The van der Waals surface area contributed by atoms with Crippen LogP contribution in [0.15, 0.2) is 54.6 Å². The second-order valence-electron chi connectivity index (χ2n) is 6.38. The Morgan fingerprint density at radius 3 is 2.38 bits per heavy atom. The molecule has 1 aliphatic rings. The summed E-state index contributed by atoms with van der Waals surface area (Å²) in [6.45, 7) is 4.34. The predicted molar refractivity (Wildman–Crippen MR) is 96.7 cm³/mol. The lowest BCUT2D eigenvalue weighted by Gasteiger charge is -2.35. The molecule has 0 saturated carbocycles. The van der Waals surface area contributed by atoms with Crippen LogP contribution in [0.5, 0.6) is 11.5 Å². The van der Waals surface area contributed by atoms with Crippen molar-refractivity contribution in [1.29, 1.82) is 0 Å². The van der Waals surface area contributed by atoms with Crippen LogP contribution in [0.25, 0.3) is 5.70 Å². The summed E-state index contributed by atoms with van der Waals surface area (Å²) in [5.74, 6) is 1.55. The van der Waals surface area contributed by atoms with Crippen LogP contribution in [0, 0.1) is 5.92 Å². The Morgan fingerprint density at radius 2 is 1.75 bits per heavy atom. The van der Waals surface area contributed by atoms with Crippen LogP contribution in [0.4, 0.5) is 0 Å². The molecule has 0 aromatic heterocycles. The van der Waals surface area contributed by atoms with Crippen molar-refractivity contribution in [2.24, 2.45) is 5.92 Å². The van der Waals surface area contributed by atoms with Crippen LogP contribution in [0.2, 0.25) is 0 Å². The van der Waals surface area contributed by atoms with Gasteiger partial charge in [-0.2, -0.15) is 0 Å². The van der Waals surface area contributed by atoms with Crippen molar-refractivity contribution in [2.75, 3.05) is 7.11 Å². The van der Waals surface area contributed by atoms with E-state index >= 15 is 0 Å². The Labute approximate surface area is 143 Å². The fourth-order valence-corrected chi connectivity index (χ4v) is 2.90. The molecule has 0 amide bonds. The van der Waals surface area contributed by atoms with E-state index in [1.54, 1.807) is 13.2 Å². The molecule has 0 aliphatic carbocycles. The van der Waals surface area contributed by atoms with Gasteiger partial charge >= 0.3 is 0 Å². The monoisotopic (exact) mass is 324 g/mol. The zero-order valence-electron chi connectivity index (χ0n) is 14.3. The van der Waals surface area contributed by atoms with Gasteiger partial charge in [0.25, 0.3) is 0 Å². The van der Waals surface area contributed by atoms with E-state index in [0.29, 0.717) is 11.7 Å². The molecule has 2 aromatic rings. The summed E-state index contributed by atoms with van der Waals surface area (Å²) in [5.41, 5.74) is 3.04. The minimum absolute atomic E-state index is 0.0445. The molecule has 1 aliphatic heterocycles. The van der Waals surface area contributed by atoms with Crippen LogP contribution in [-0.2, 0) is 0 Å². The molecule has 2 atom stereocenters. The van der Waals surface area contributed by atoms with E-state index in [4.69, 9.17) is 4.74 Å². The smallest absolute Gasteiger partial charge is 0.120 e. The third-order valence-electron chi connectivity index (χ3n) is 4.34. The summed E-state index contributed by atoms with van der Waals surface area (Å²) in [6.07, 6.45) is 2.24. The maximum absolute atomic E-state index is 10.2.